The quantitative estimate of drug-likeness (QED) is 0.340. The van der Waals surface area contributed by atoms with Crippen molar-refractivity contribution in [2.75, 3.05) is 5.32 Å². The number of hydrogen-bond donors (Lipinski definition) is 4. The van der Waals surface area contributed by atoms with E-state index in [1.165, 1.54) is 0 Å². The maximum absolute atomic E-state index is 12.6. The van der Waals surface area contributed by atoms with Crippen LogP contribution in [0.4, 0.5) is 10.5 Å². The zero-order chi connectivity index (χ0) is 22.9. The Balaban J connectivity index is 1.46. The molecule has 1 aliphatic rings. The zero-order valence-electron chi connectivity index (χ0n) is 17.6. The SMILES string of the molecule is Cc1cccc(-c2n[nH]c(=S)n2CCC(=O)Nc2cccc(C3(C)NC(=O)NC3=O)c2)c1. The molecule has 0 saturated carbocycles. The molecular weight excluding hydrogens is 428 g/mol. The van der Waals surface area contributed by atoms with Crippen molar-refractivity contribution >= 4 is 35.8 Å². The number of carbonyl (C=O) groups is 3. The summed E-state index contributed by atoms with van der Waals surface area (Å²) in [6.07, 6.45) is 0.172. The van der Waals surface area contributed by atoms with E-state index in [2.05, 4.69) is 26.1 Å². The van der Waals surface area contributed by atoms with Crippen LogP contribution in [0.3, 0.4) is 0 Å². The van der Waals surface area contributed by atoms with Crippen LogP contribution >= 0.6 is 12.2 Å². The number of aromatic amines is 1. The fraction of sp³-hybridized carbons (Fsp3) is 0.227. The Morgan fingerprint density at radius 2 is 1.97 bits per heavy atom. The normalized spacial score (nSPS) is 17.7. The van der Waals surface area contributed by atoms with Gasteiger partial charge in [0, 0.05) is 24.2 Å². The molecule has 1 fully saturated rings. The molecule has 32 heavy (non-hydrogen) atoms. The van der Waals surface area contributed by atoms with E-state index < -0.39 is 17.5 Å². The number of urea groups is 1. The predicted octanol–water partition coefficient (Wildman–Crippen LogP) is 3.00. The lowest BCUT2D eigenvalue weighted by atomic mass is 9.92. The van der Waals surface area contributed by atoms with Crippen molar-refractivity contribution in [2.45, 2.75) is 32.4 Å². The van der Waals surface area contributed by atoms with E-state index in [0.29, 0.717) is 28.4 Å². The van der Waals surface area contributed by atoms with E-state index in [-0.39, 0.29) is 12.3 Å². The summed E-state index contributed by atoms with van der Waals surface area (Å²) in [6.45, 7) is 3.96. The van der Waals surface area contributed by atoms with E-state index in [9.17, 15) is 14.4 Å². The van der Waals surface area contributed by atoms with Crippen LogP contribution in [0.2, 0.25) is 0 Å². The number of nitrogens with zero attached hydrogens (tertiary/aromatic N) is 2. The van der Waals surface area contributed by atoms with Crippen LogP contribution in [0.25, 0.3) is 11.4 Å². The highest BCUT2D eigenvalue weighted by Gasteiger charge is 2.43. The Labute approximate surface area is 189 Å². The Hall–Kier alpha value is -3.79. The minimum Gasteiger partial charge on any atom is -0.326 e. The fourth-order valence-corrected chi connectivity index (χ4v) is 3.84. The third-order valence-corrected chi connectivity index (χ3v) is 5.68. The molecule has 0 bridgehead atoms. The van der Waals surface area contributed by atoms with Crippen molar-refractivity contribution in [1.29, 1.82) is 0 Å². The van der Waals surface area contributed by atoms with Crippen LogP contribution in [-0.2, 0) is 21.7 Å². The number of imide groups is 1. The number of amides is 4. The van der Waals surface area contributed by atoms with Gasteiger partial charge in [-0.3, -0.25) is 24.6 Å². The number of nitrogens with one attached hydrogen (secondary N) is 4. The Bertz CT molecular complexity index is 1280. The number of carbonyl (C=O) groups excluding carboxylic acids is 3. The molecule has 4 amide bonds. The Morgan fingerprint density at radius 1 is 1.19 bits per heavy atom. The summed E-state index contributed by atoms with van der Waals surface area (Å²) in [5.41, 5.74) is 1.91. The first-order valence-electron chi connectivity index (χ1n) is 10.0. The van der Waals surface area contributed by atoms with Gasteiger partial charge < -0.3 is 10.6 Å². The van der Waals surface area contributed by atoms with Crippen molar-refractivity contribution in [3.05, 3.63) is 64.4 Å². The number of rotatable bonds is 6. The highest BCUT2D eigenvalue weighted by atomic mass is 32.1. The van der Waals surface area contributed by atoms with Gasteiger partial charge in [0.05, 0.1) is 0 Å². The van der Waals surface area contributed by atoms with Crippen molar-refractivity contribution in [1.82, 2.24) is 25.4 Å². The lowest BCUT2D eigenvalue weighted by molar-refractivity contribution is -0.123. The van der Waals surface area contributed by atoms with Crippen molar-refractivity contribution in [3.8, 4) is 11.4 Å². The van der Waals surface area contributed by atoms with Gasteiger partial charge in [0.25, 0.3) is 5.91 Å². The number of H-pyrrole nitrogens is 1. The van der Waals surface area contributed by atoms with Crippen molar-refractivity contribution in [2.24, 2.45) is 0 Å². The summed E-state index contributed by atoms with van der Waals surface area (Å²) in [4.78, 5) is 36.3. The molecule has 10 heteroatoms. The minimum absolute atomic E-state index is 0.172. The van der Waals surface area contributed by atoms with E-state index in [0.717, 1.165) is 11.1 Å². The van der Waals surface area contributed by atoms with Crippen LogP contribution in [0.15, 0.2) is 48.5 Å². The second kappa shape index (κ2) is 8.39. The topological polar surface area (TPSA) is 121 Å². The Morgan fingerprint density at radius 3 is 2.69 bits per heavy atom. The molecule has 0 radical (unpaired) electrons. The molecule has 1 aromatic heterocycles. The average Bonchev–Trinajstić information content (AvgIpc) is 3.25. The zero-order valence-corrected chi connectivity index (χ0v) is 18.4. The summed E-state index contributed by atoms with van der Waals surface area (Å²) < 4.78 is 2.23. The molecule has 3 aromatic rings. The lowest BCUT2D eigenvalue weighted by Gasteiger charge is -2.21. The molecule has 1 aliphatic heterocycles. The average molecular weight is 451 g/mol. The highest BCUT2D eigenvalue weighted by molar-refractivity contribution is 7.71. The summed E-state index contributed by atoms with van der Waals surface area (Å²) in [7, 11) is 0. The summed E-state index contributed by atoms with van der Waals surface area (Å²) >= 11 is 5.34. The molecule has 2 aromatic carbocycles. The first-order chi connectivity index (χ1) is 15.3. The number of benzene rings is 2. The number of anilines is 1. The first kappa shape index (κ1) is 21.4. The van der Waals surface area contributed by atoms with Gasteiger partial charge in [-0.15, -0.1) is 0 Å². The molecule has 4 rings (SSSR count). The van der Waals surface area contributed by atoms with Gasteiger partial charge in [-0.25, -0.2) is 4.79 Å². The molecule has 0 spiro atoms. The van der Waals surface area contributed by atoms with Gasteiger partial charge in [0.15, 0.2) is 10.6 Å². The van der Waals surface area contributed by atoms with Gasteiger partial charge in [-0.1, -0.05) is 35.9 Å². The maximum Gasteiger partial charge on any atom is 0.322 e. The summed E-state index contributed by atoms with van der Waals surface area (Å²) in [5, 5.41) is 14.8. The van der Waals surface area contributed by atoms with Crippen LogP contribution in [0, 0.1) is 11.7 Å². The van der Waals surface area contributed by atoms with Crippen molar-refractivity contribution in [3.63, 3.8) is 0 Å². The summed E-state index contributed by atoms with van der Waals surface area (Å²) in [6, 6.07) is 14.2. The van der Waals surface area contributed by atoms with E-state index in [1.54, 1.807) is 35.8 Å². The molecule has 1 saturated heterocycles. The summed E-state index contributed by atoms with van der Waals surface area (Å²) in [5.74, 6) is 0.0129. The van der Waals surface area contributed by atoms with E-state index in [1.807, 2.05) is 31.2 Å². The number of aryl methyl sites for hydroxylation is 1. The highest BCUT2D eigenvalue weighted by Crippen LogP contribution is 2.26. The Kier molecular flexibility index (Phi) is 5.62. The van der Waals surface area contributed by atoms with Crippen LogP contribution in [0.1, 0.15) is 24.5 Å². The monoisotopic (exact) mass is 450 g/mol. The number of aromatic nitrogens is 3. The lowest BCUT2D eigenvalue weighted by Crippen LogP contribution is -2.40. The smallest absolute Gasteiger partial charge is 0.322 e. The molecule has 2 heterocycles. The van der Waals surface area contributed by atoms with Crippen molar-refractivity contribution < 1.29 is 14.4 Å². The van der Waals surface area contributed by atoms with Gasteiger partial charge >= 0.3 is 6.03 Å². The maximum atomic E-state index is 12.6. The van der Waals surface area contributed by atoms with Gasteiger partial charge in [0.1, 0.15) is 5.54 Å². The molecule has 1 unspecified atom stereocenters. The molecule has 0 aliphatic carbocycles. The standard InChI is InChI=1S/C22H22N6O3S/c1-13-5-3-6-14(11-13)18-26-27-21(32)28(18)10-9-17(29)23-16-8-4-7-15(12-16)22(2)19(30)24-20(31)25-22/h3-8,11-12H,9-10H2,1-2H3,(H,23,29)(H,27,32)(H2,24,25,30,31). The second-order valence-corrected chi connectivity index (χ2v) is 8.17. The van der Waals surface area contributed by atoms with Crippen LogP contribution in [-0.4, -0.2) is 32.6 Å². The number of hydrogen-bond acceptors (Lipinski definition) is 5. The van der Waals surface area contributed by atoms with Gasteiger partial charge in [0.2, 0.25) is 5.91 Å². The fourth-order valence-electron chi connectivity index (χ4n) is 3.62. The molecule has 164 valence electrons. The molecule has 4 N–H and O–H groups in total. The second-order valence-electron chi connectivity index (χ2n) is 7.79. The molecule has 1 atom stereocenters. The van der Waals surface area contributed by atoms with Gasteiger partial charge in [-0.05, 0) is 49.8 Å². The van der Waals surface area contributed by atoms with Crippen LogP contribution < -0.4 is 16.0 Å². The predicted molar refractivity (Wildman–Crippen MR) is 121 cm³/mol. The van der Waals surface area contributed by atoms with E-state index in [4.69, 9.17) is 12.2 Å². The largest absolute Gasteiger partial charge is 0.326 e. The van der Waals surface area contributed by atoms with Gasteiger partial charge in [-0.2, -0.15) is 5.10 Å². The third kappa shape index (κ3) is 4.17. The van der Waals surface area contributed by atoms with Crippen LogP contribution in [0.5, 0.6) is 0 Å². The third-order valence-electron chi connectivity index (χ3n) is 5.37. The molecule has 9 nitrogen and oxygen atoms in total. The van der Waals surface area contributed by atoms with E-state index >= 15 is 0 Å². The first-order valence-corrected chi connectivity index (χ1v) is 10.4. The molecular formula is C22H22N6O3S. The minimum atomic E-state index is -1.19.